The van der Waals surface area contributed by atoms with Crippen molar-refractivity contribution in [2.75, 3.05) is 7.11 Å². The zero-order valence-electron chi connectivity index (χ0n) is 16.9. The van der Waals surface area contributed by atoms with E-state index in [0.29, 0.717) is 23.6 Å². The molecule has 0 unspecified atom stereocenters. The molecule has 9 nitrogen and oxygen atoms in total. The number of carbonyl (C=O) groups is 1. The summed E-state index contributed by atoms with van der Waals surface area (Å²) in [6, 6.07) is 10.6. The first kappa shape index (κ1) is 21.0. The minimum Gasteiger partial charge on any atom is -0.497 e. The summed E-state index contributed by atoms with van der Waals surface area (Å²) in [5.74, 6) is 0.157. The van der Waals surface area contributed by atoms with Crippen molar-refractivity contribution < 1.29 is 19.6 Å². The van der Waals surface area contributed by atoms with Crippen LogP contribution < -0.4 is 4.74 Å². The van der Waals surface area contributed by atoms with Crippen molar-refractivity contribution >= 4 is 28.2 Å². The molecule has 0 saturated carbocycles. The number of nitro benzene ring substituents is 1. The lowest BCUT2D eigenvalue weighted by molar-refractivity contribution is -0.384. The van der Waals surface area contributed by atoms with E-state index in [1.165, 1.54) is 25.3 Å². The molecule has 156 valence electrons. The minimum atomic E-state index is -0.746. The Hall–Kier alpha value is -3.75. The number of benzene rings is 2. The molecule has 3 aromatic rings. The van der Waals surface area contributed by atoms with Crippen LogP contribution in [0.2, 0.25) is 0 Å². The number of ether oxygens (including phenoxy) is 1. The van der Waals surface area contributed by atoms with Crippen LogP contribution in [0, 0.1) is 16.0 Å². The number of hydrogen-bond donors (Lipinski definition) is 1. The van der Waals surface area contributed by atoms with E-state index in [1.54, 1.807) is 16.7 Å². The van der Waals surface area contributed by atoms with Crippen LogP contribution >= 0.6 is 0 Å². The summed E-state index contributed by atoms with van der Waals surface area (Å²) in [7, 11) is 1.53. The summed E-state index contributed by atoms with van der Waals surface area (Å²) in [5, 5.41) is 29.9. The third kappa shape index (κ3) is 4.29. The molecule has 0 saturated heterocycles. The number of aryl methyl sites for hydroxylation is 1. The predicted molar refractivity (Wildman–Crippen MR) is 112 cm³/mol. The number of methoxy groups -OCH3 is 1. The molecular weight excluding hydrogens is 388 g/mol. The second kappa shape index (κ2) is 8.73. The van der Waals surface area contributed by atoms with Gasteiger partial charge < -0.3 is 14.4 Å². The summed E-state index contributed by atoms with van der Waals surface area (Å²) >= 11 is 0. The molecule has 0 fully saturated rings. The van der Waals surface area contributed by atoms with Crippen LogP contribution in [0.3, 0.4) is 0 Å². The molecule has 1 aromatic heterocycles. The van der Waals surface area contributed by atoms with Crippen LogP contribution in [0.25, 0.3) is 10.9 Å². The predicted octanol–water partition coefficient (Wildman–Crippen LogP) is 5.23. The molecule has 1 N–H and O–H groups in total. The van der Waals surface area contributed by atoms with Crippen LogP contribution in [0.15, 0.2) is 52.7 Å². The average Bonchev–Trinajstić information content (AvgIpc) is 3.00. The summed E-state index contributed by atoms with van der Waals surface area (Å²) in [5.41, 5.74) is 0.708. The van der Waals surface area contributed by atoms with Gasteiger partial charge in [-0.15, -0.1) is 10.2 Å². The SMILES string of the molecule is COc1ccc2c(c1)c(N=NC(=O)c1cccc([N+](=O)[O-])c1)c(O)n2CCC(C)C. The summed E-state index contributed by atoms with van der Waals surface area (Å²) in [6.45, 7) is 4.74. The largest absolute Gasteiger partial charge is 0.497 e. The molecule has 9 heteroatoms. The van der Waals surface area contributed by atoms with E-state index in [2.05, 4.69) is 24.1 Å². The van der Waals surface area contributed by atoms with Crippen molar-refractivity contribution in [3.8, 4) is 11.6 Å². The lowest BCUT2D eigenvalue weighted by Gasteiger charge is -2.09. The molecule has 0 radical (unpaired) electrons. The number of nitro groups is 1. The third-order valence-corrected chi connectivity index (χ3v) is 4.69. The van der Waals surface area contributed by atoms with E-state index in [9.17, 15) is 20.0 Å². The highest BCUT2D eigenvalue weighted by atomic mass is 16.6. The summed E-state index contributed by atoms with van der Waals surface area (Å²) < 4.78 is 6.98. The van der Waals surface area contributed by atoms with E-state index in [4.69, 9.17) is 4.74 Å². The third-order valence-electron chi connectivity index (χ3n) is 4.69. The maximum atomic E-state index is 12.4. The Kier molecular flexibility index (Phi) is 6.10. The second-order valence-corrected chi connectivity index (χ2v) is 7.20. The van der Waals surface area contributed by atoms with Gasteiger partial charge in [0.05, 0.1) is 23.1 Å². The smallest absolute Gasteiger partial charge is 0.295 e. The van der Waals surface area contributed by atoms with Gasteiger partial charge in [0.1, 0.15) is 5.75 Å². The van der Waals surface area contributed by atoms with Gasteiger partial charge in [-0.2, -0.15) is 0 Å². The molecule has 0 bridgehead atoms. The van der Waals surface area contributed by atoms with E-state index in [-0.39, 0.29) is 22.8 Å². The lowest BCUT2D eigenvalue weighted by Crippen LogP contribution is -2.00. The Balaban J connectivity index is 2.01. The first-order valence-corrected chi connectivity index (χ1v) is 9.41. The number of non-ortho nitro benzene ring substituents is 1. The molecule has 0 aliphatic heterocycles. The van der Waals surface area contributed by atoms with Crippen LogP contribution in [0.4, 0.5) is 11.4 Å². The molecule has 0 aliphatic carbocycles. The number of azo groups is 1. The zero-order valence-corrected chi connectivity index (χ0v) is 16.9. The fourth-order valence-electron chi connectivity index (χ4n) is 3.05. The molecule has 2 aromatic carbocycles. The number of amides is 1. The average molecular weight is 410 g/mol. The van der Waals surface area contributed by atoms with E-state index >= 15 is 0 Å². The number of rotatable bonds is 7. The standard InChI is InChI=1S/C21H22N4O5/c1-13(2)9-10-24-18-8-7-16(30-3)12-17(18)19(21(24)27)22-23-20(26)14-5-4-6-15(11-14)25(28)29/h4-8,11-13,27H,9-10H2,1-3H3. The van der Waals surface area contributed by atoms with E-state index in [1.807, 2.05) is 6.07 Å². The Bertz CT molecular complexity index is 1130. The van der Waals surface area contributed by atoms with Crippen LogP contribution in [0.5, 0.6) is 11.6 Å². The monoisotopic (exact) mass is 410 g/mol. The molecule has 3 rings (SSSR count). The van der Waals surface area contributed by atoms with Crippen LogP contribution in [-0.2, 0) is 6.54 Å². The maximum Gasteiger partial charge on any atom is 0.295 e. The van der Waals surface area contributed by atoms with E-state index < -0.39 is 10.8 Å². The van der Waals surface area contributed by atoms with Gasteiger partial charge in [0.15, 0.2) is 5.69 Å². The Labute approximate surface area is 172 Å². The second-order valence-electron chi connectivity index (χ2n) is 7.20. The molecular formula is C21H22N4O5. The molecule has 1 amide bonds. The number of carbonyl (C=O) groups excluding carboxylic acids is 1. The fourth-order valence-corrected chi connectivity index (χ4v) is 3.05. The molecule has 0 aliphatic rings. The number of aromatic nitrogens is 1. The highest BCUT2D eigenvalue weighted by Crippen LogP contribution is 2.41. The van der Waals surface area contributed by atoms with Gasteiger partial charge in [0.2, 0.25) is 5.88 Å². The number of fused-ring (bicyclic) bond motifs is 1. The van der Waals surface area contributed by atoms with E-state index in [0.717, 1.165) is 18.0 Å². The Morgan fingerprint density at radius 3 is 2.70 bits per heavy atom. The van der Waals surface area contributed by atoms with Crippen LogP contribution in [0.1, 0.15) is 30.6 Å². The summed E-state index contributed by atoms with van der Waals surface area (Å²) in [4.78, 5) is 22.7. The topological polar surface area (TPSA) is 119 Å². The number of nitrogens with zero attached hydrogens (tertiary/aromatic N) is 4. The van der Waals surface area contributed by atoms with Crippen molar-refractivity contribution in [1.82, 2.24) is 4.57 Å². The highest BCUT2D eigenvalue weighted by molar-refractivity contribution is 5.98. The van der Waals surface area contributed by atoms with Crippen molar-refractivity contribution in [2.24, 2.45) is 16.1 Å². The first-order valence-electron chi connectivity index (χ1n) is 9.41. The fraction of sp³-hybridized carbons (Fsp3) is 0.286. The van der Waals surface area contributed by atoms with Crippen molar-refractivity contribution in [1.29, 1.82) is 0 Å². The zero-order chi connectivity index (χ0) is 21.8. The van der Waals surface area contributed by atoms with Gasteiger partial charge >= 0.3 is 0 Å². The minimum absolute atomic E-state index is 0.0357. The van der Waals surface area contributed by atoms with Gasteiger partial charge in [0, 0.05) is 24.1 Å². The lowest BCUT2D eigenvalue weighted by atomic mass is 10.1. The Morgan fingerprint density at radius 2 is 2.03 bits per heavy atom. The van der Waals surface area contributed by atoms with Crippen molar-refractivity contribution in [3.63, 3.8) is 0 Å². The Morgan fingerprint density at radius 1 is 1.27 bits per heavy atom. The van der Waals surface area contributed by atoms with Crippen molar-refractivity contribution in [2.45, 2.75) is 26.8 Å². The summed E-state index contributed by atoms with van der Waals surface area (Å²) in [6.07, 6.45) is 0.840. The van der Waals surface area contributed by atoms with Gasteiger partial charge in [0.25, 0.3) is 11.6 Å². The quantitative estimate of drug-likeness (QED) is 0.325. The van der Waals surface area contributed by atoms with Gasteiger partial charge in [-0.1, -0.05) is 19.9 Å². The van der Waals surface area contributed by atoms with Gasteiger partial charge in [-0.25, -0.2) is 0 Å². The molecule has 1 heterocycles. The normalized spacial score (nSPS) is 11.5. The highest BCUT2D eigenvalue weighted by Gasteiger charge is 2.18. The molecule has 30 heavy (non-hydrogen) atoms. The first-order chi connectivity index (χ1) is 14.3. The van der Waals surface area contributed by atoms with Crippen LogP contribution in [-0.4, -0.2) is 27.6 Å². The number of hydrogen-bond acceptors (Lipinski definition) is 6. The number of aromatic hydroxyl groups is 1. The van der Waals surface area contributed by atoms with Crippen molar-refractivity contribution in [3.05, 3.63) is 58.1 Å². The molecule has 0 spiro atoms. The van der Waals surface area contributed by atoms with Gasteiger partial charge in [-0.05, 0) is 36.6 Å². The maximum absolute atomic E-state index is 12.4. The molecule has 0 atom stereocenters. The van der Waals surface area contributed by atoms with Gasteiger partial charge in [-0.3, -0.25) is 14.9 Å².